The van der Waals surface area contributed by atoms with Gasteiger partial charge >= 0.3 is 6.03 Å². The van der Waals surface area contributed by atoms with Crippen LogP contribution in [0.3, 0.4) is 0 Å². The van der Waals surface area contributed by atoms with Gasteiger partial charge in [0.1, 0.15) is 0 Å². The summed E-state index contributed by atoms with van der Waals surface area (Å²) in [5.41, 5.74) is 4.03. The van der Waals surface area contributed by atoms with E-state index in [1.165, 1.54) is 11.8 Å². The van der Waals surface area contributed by atoms with Crippen molar-refractivity contribution in [1.29, 1.82) is 0 Å². The molecule has 1 heterocycles. The Bertz CT molecular complexity index is 1200. The summed E-state index contributed by atoms with van der Waals surface area (Å²) in [4.78, 5) is 43.4. The summed E-state index contributed by atoms with van der Waals surface area (Å²) in [5.74, 6) is -0.416. The molecule has 2 N–H and O–H groups in total. The number of para-hydroxylation sites is 1. The van der Waals surface area contributed by atoms with Gasteiger partial charge in [0.2, 0.25) is 6.17 Å². The number of carbonyl (C=O) groups is 3. The van der Waals surface area contributed by atoms with Crippen LogP contribution in [0.1, 0.15) is 28.4 Å². The Morgan fingerprint density at radius 3 is 2.25 bits per heavy atom. The third-order valence-corrected chi connectivity index (χ3v) is 5.21. The minimum absolute atomic E-state index is 0.0598. The van der Waals surface area contributed by atoms with Crippen molar-refractivity contribution in [1.82, 2.24) is 5.32 Å². The molecule has 3 aromatic rings. The van der Waals surface area contributed by atoms with Crippen molar-refractivity contribution < 1.29 is 14.4 Å². The summed E-state index contributed by atoms with van der Waals surface area (Å²) in [6.07, 6.45) is -1.11. The first-order valence-electron chi connectivity index (χ1n) is 10.1. The van der Waals surface area contributed by atoms with Crippen molar-refractivity contribution in [2.45, 2.75) is 13.1 Å². The molecule has 4 rings (SSSR count). The molecule has 3 amide bonds. The van der Waals surface area contributed by atoms with Gasteiger partial charge in [0.05, 0.1) is 11.4 Å². The van der Waals surface area contributed by atoms with Crippen LogP contribution in [-0.4, -0.2) is 36.6 Å². The van der Waals surface area contributed by atoms with Crippen LogP contribution in [0.25, 0.3) is 0 Å². The van der Waals surface area contributed by atoms with Crippen LogP contribution in [0, 0.1) is 0 Å². The summed E-state index contributed by atoms with van der Waals surface area (Å²) in [5, 5.41) is 5.35. The molecule has 0 fully saturated rings. The Morgan fingerprint density at radius 2 is 1.56 bits per heavy atom. The summed E-state index contributed by atoms with van der Waals surface area (Å²) < 4.78 is 0. The van der Waals surface area contributed by atoms with E-state index in [1.54, 1.807) is 31.3 Å². The number of nitrogens with zero attached hydrogens (tertiary/aromatic N) is 2. The third-order valence-electron chi connectivity index (χ3n) is 5.21. The van der Waals surface area contributed by atoms with Crippen LogP contribution in [0.4, 0.5) is 16.2 Å². The molecular weight excluding hydrogens is 404 g/mol. The molecule has 160 valence electrons. The van der Waals surface area contributed by atoms with E-state index < -0.39 is 12.2 Å². The standard InChI is InChI=1S/C25H22N4O3/c1-16(30)17-12-14-19(15-13-17)26-25(32)28-23-24(31)29(2)21-11-7-6-10-20(21)22(27-23)18-8-4-3-5-9-18/h3-15,23H,1-2H3,(H2,26,28,32)/t23-/m1/s1. The molecule has 7 nitrogen and oxygen atoms in total. The first-order chi connectivity index (χ1) is 15.4. The van der Waals surface area contributed by atoms with Crippen LogP contribution in [-0.2, 0) is 4.79 Å². The summed E-state index contributed by atoms with van der Waals surface area (Å²) in [6.45, 7) is 1.48. The number of hydrogen-bond donors (Lipinski definition) is 2. The number of hydrogen-bond acceptors (Lipinski definition) is 4. The number of carbonyl (C=O) groups excluding carboxylic acids is 3. The maximum atomic E-state index is 13.1. The lowest BCUT2D eigenvalue weighted by Crippen LogP contribution is -2.47. The van der Waals surface area contributed by atoms with Gasteiger partial charge in [0, 0.05) is 29.4 Å². The maximum absolute atomic E-state index is 13.1. The van der Waals surface area contributed by atoms with Crippen LogP contribution in [0.5, 0.6) is 0 Å². The zero-order valence-corrected chi connectivity index (χ0v) is 17.7. The number of benzene rings is 3. The van der Waals surface area contributed by atoms with Crippen molar-refractivity contribution in [3.05, 3.63) is 95.6 Å². The third kappa shape index (κ3) is 4.27. The van der Waals surface area contributed by atoms with Crippen molar-refractivity contribution in [2.75, 3.05) is 17.3 Å². The van der Waals surface area contributed by atoms with Gasteiger partial charge in [-0.05, 0) is 37.3 Å². The van der Waals surface area contributed by atoms with E-state index in [0.717, 1.165) is 11.1 Å². The number of anilines is 2. The van der Waals surface area contributed by atoms with Crippen molar-refractivity contribution in [3.8, 4) is 0 Å². The average molecular weight is 426 g/mol. The maximum Gasteiger partial charge on any atom is 0.321 e. The zero-order valence-electron chi connectivity index (χ0n) is 17.7. The van der Waals surface area contributed by atoms with Gasteiger partial charge in [0.15, 0.2) is 5.78 Å². The Balaban J connectivity index is 1.63. The topological polar surface area (TPSA) is 90.9 Å². The highest BCUT2D eigenvalue weighted by Crippen LogP contribution is 2.27. The molecule has 0 radical (unpaired) electrons. The van der Waals surface area contributed by atoms with Crippen LogP contribution in [0.15, 0.2) is 83.9 Å². The second-order valence-corrected chi connectivity index (χ2v) is 7.39. The number of nitrogens with one attached hydrogen (secondary N) is 2. The van der Waals surface area contributed by atoms with Crippen LogP contribution < -0.4 is 15.5 Å². The van der Waals surface area contributed by atoms with Crippen LogP contribution in [0.2, 0.25) is 0 Å². The van der Waals surface area contributed by atoms with Crippen molar-refractivity contribution in [3.63, 3.8) is 0 Å². The van der Waals surface area contributed by atoms with Crippen molar-refractivity contribution >= 4 is 34.8 Å². The van der Waals surface area contributed by atoms with Gasteiger partial charge in [-0.1, -0.05) is 48.5 Å². The summed E-state index contributed by atoms with van der Waals surface area (Å²) >= 11 is 0. The van der Waals surface area contributed by atoms with E-state index in [9.17, 15) is 14.4 Å². The van der Waals surface area contributed by atoms with Gasteiger partial charge in [-0.25, -0.2) is 9.79 Å². The number of Topliss-reactive ketones (excluding diaryl/α,β-unsaturated/α-hetero) is 1. The Labute approximate surface area is 185 Å². The fourth-order valence-corrected chi connectivity index (χ4v) is 3.52. The first kappa shape index (κ1) is 21.0. The predicted molar refractivity (Wildman–Crippen MR) is 124 cm³/mol. The molecule has 0 unspecified atom stereocenters. The number of urea groups is 1. The molecule has 3 aromatic carbocycles. The molecule has 0 bridgehead atoms. The fraction of sp³-hybridized carbons (Fsp3) is 0.120. The van der Waals surface area contributed by atoms with E-state index >= 15 is 0 Å². The molecule has 1 aliphatic heterocycles. The number of likely N-dealkylation sites (N-methyl/N-ethyl adjacent to an activating group) is 1. The molecule has 1 atom stereocenters. The Hall–Kier alpha value is -4.26. The average Bonchev–Trinajstić information content (AvgIpc) is 2.91. The van der Waals surface area contributed by atoms with E-state index in [0.29, 0.717) is 22.6 Å². The van der Waals surface area contributed by atoms with Gasteiger partial charge in [-0.3, -0.25) is 9.59 Å². The fourth-order valence-electron chi connectivity index (χ4n) is 3.52. The minimum Gasteiger partial charge on any atom is -0.311 e. The largest absolute Gasteiger partial charge is 0.321 e. The molecule has 0 saturated heterocycles. The molecule has 1 aliphatic rings. The number of benzodiazepines with no additional fused rings is 1. The van der Waals surface area contributed by atoms with Gasteiger partial charge in [-0.15, -0.1) is 0 Å². The molecule has 0 aromatic heterocycles. The Kier molecular flexibility index (Phi) is 5.81. The highest BCUT2D eigenvalue weighted by atomic mass is 16.2. The summed E-state index contributed by atoms with van der Waals surface area (Å²) in [7, 11) is 1.66. The molecule has 7 heteroatoms. The monoisotopic (exact) mass is 426 g/mol. The highest BCUT2D eigenvalue weighted by molar-refractivity contribution is 6.20. The molecule has 32 heavy (non-hydrogen) atoms. The van der Waals surface area contributed by atoms with E-state index in [-0.39, 0.29) is 11.7 Å². The zero-order chi connectivity index (χ0) is 22.7. The second kappa shape index (κ2) is 8.85. The molecule has 0 aliphatic carbocycles. The smallest absolute Gasteiger partial charge is 0.311 e. The van der Waals surface area contributed by atoms with Gasteiger partial charge in [-0.2, -0.15) is 0 Å². The minimum atomic E-state index is -1.11. The summed E-state index contributed by atoms with van der Waals surface area (Å²) in [6, 6.07) is 23.0. The van der Waals surface area contributed by atoms with E-state index in [1.807, 2.05) is 54.6 Å². The number of ketones is 1. The SMILES string of the molecule is CC(=O)c1ccc(NC(=O)N[C@H]2N=C(c3ccccc3)c3ccccc3N(C)C2=O)cc1. The normalized spacial score (nSPS) is 15.3. The van der Waals surface area contributed by atoms with E-state index in [2.05, 4.69) is 15.6 Å². The van der Waals surface area contributed by atoms with Crippen LogP contribution >= 0.6 is 0 Å². The molecule has 0 saturated carbocycles. The van der Waals surface area contributed by atoms with Gasteiger partial charge in [0.25, 0.3) is 5.91 Å². The lowest BCUT2D eigenvalue weighted by atomic mass is 10.0. The molecular formula is C25H22N4O3. The first-order valence-corrected chi connectivity index (χ1v) is 10.1. The quantitative estimate of drug-likeness (QED) is 0.621. The predicted octanol–water partition coefficient (Wildman–Crippen LogP) is 3.85. The lowest BCUT2D eigenvalue weighted by molar-refractivity contribution is -0.119. The number of fused-ring (bicyclic) bond motifs is 1. The second-order valence-electron chi connectivity index (χ2n) is 7.39. The van der Waals surface area contributed by atoms with Crippen molar-refractivity contribution in [2.24, 2.45) is 4.99 Å². The van der Waals surface area contributed by atoms with E-state index in [4.69, 9.17) is 0 Å². The number of aliphatic imine (C=N–C) groups is 1. The number of rotatable bonds is 4. The van der Waals surface area contributed by atoms with Gasteiger partial charge < -0.3 is 15.5 Å². The molecule has 0 spiro atoms. The lowest BCUT2D eigenvalue weighted by Gasteiger charge is -2.21. The highest BCUT2D eigenvalue weighted by Gasteiger charge is 2.30. The Morgan fingerprint density at radius 1 is 0.906 bits per heavy atom. The number of amides is 3.